The summed E-state index contributed by atoms with van der Waals surface area (Å²) in [4.78, 5) is 22.7. The molecule has 1 aliphatic heterocycles. The number of benzene rings is 1. The second-order valence-electron chi connectivity index (χ2n) is 5.91. The molecule has 1 aliphatic rings. The van der Waals surface area contributed by atoms with Crippen molar-refractivity contribution in [1.29, 1.82) is 0 Å². The van der Waals surface area contributed by atoms with Crippen LogP contribution in [0.15, 0.2) is 30.3 Å². The highest BCUT2D eigenvalue weighted by atomic mass is 17.2. The maximum Gasteiger partial charge on any atom is 0.308 e. The van der Waals surface area contributed by atoms with Gasteiger partial charge in [0, 0.05) is 20.0 Å². The molecule has 1 saturated heterocycles. The second-order valence-corrected chi connectivity index (χ2v) is 5.91. The van der Waals surface area contributed by atoms with Crippen LogP contribution in [0.5, 0.6) is 0 Å². The number of esters is 1. The van der Waals surface area contributed by atoms with Gasteiger partial charge in [0.2, 0.25) is 5.79 Å². The molecule has 128 valence electrons. The van der Waals surface area contributed by atoms with Gasteiger partial charge in [-0.05, 0) is 18.4 Å². The van der Waals surface area contributed by atoms with Crippen molar-refractivity contribution in [2.45, 2.75) is 63.9 Å². The Hall–Kier alpha value is -1.43. The minimum absolute atomic E-state index is 0.195. The molecule has 0 spiro atoms. The van der Waals surface area contributed by atoms with Crippen LogP contribution in [0.2, 0.25) is 0 Å². The number of carbonyl (C=O) groups excluding carboxylic acids is 1. The predicted molar refractivity (Wildman–Crippen MR) is 85.3 cm³/mol. The third-order valence-electron chi connectivity index (χ3n) is 4.10. The summed E-state index contributed by atoms with van der Waals surface area (Å²) < 4.78 is 10.7. The molecule has 0 aromatic heterocycles. The first-order valence-corrected chi connectivity index (χ1v) is 8.26. The van der Waals surface area contributed by atoms with E-state index in [1.165, 1.54) is 0 Å². The van der Waals surface area contributed by atoms with Crippen molar-refractivity contribution in [3.8, 4) is 0 Å². The molecule has 1 fully saturated rings. The van der Waals surface area contributed by atoms with Crippen LogP contribution in [0.25, 0.3) is 0 Å². The Bertz CT molecular complexity index is 466. The van der Waals surface area contributed by atoms with Gasteiger partial charge in [-0.1, -0.05) is 43.7 Å². The largest absolute Gasteiger partial charge is 0.461 e. The van der Waals surface area contributed by atoms with E-state index in [2.05, 4.69) is 6.92 Å². The molecule has 5 nitrogen and oxygen atoms in total. The van der Waals surface area contributed by atoms with Crippen LogP contribution in [-0.4, -0.2) is 25.0 Å². The van der Waals surface area contributed by atoms with Crippen LogP contribution in [0, 0.1) is 0 Å². The van der Waals surface area contributed by atoms with Crippen LogP contribution in [0.3, 0.4) is 0 Å². The lowest BCUT2D eigenvalue weighted by Crippen LogP contribution is -2.42. The van der Waals surface area contributed by atoms with E-state index in [0.717, 1.165) is 37.7 Å². The molecule has 0 N–H and O–H groups in total. The van der Waals surface area contributed by atoms with E-state index in [4.69, 9.17) is 19.2 Å². The number of carbonyl (C=O) groups is 1. The lowest BCUT2D eigenvalue weighted by Gasteiger charge is -2.37. The third-order valence-corrected chi connectivity index (χ3v) is 4.10. The molecule has 5 heteroatoms. The fourth-order valence-corrected chi connectivity index (χ4v) is 2.60. The number of unbranched alkanes of at least 4 members (excludes halogenated alkanes) is 1. The van der Waals surface area contributed by atoms with Gasteiger partial charge in [0.05, 0.1) is 6.42 Å². The van der Waals surface area contributed by atoms with Crippen LogP contribution in [0.4, 0.5) is 0 Å². The fourth-order valence-electron chi connectivity index (χ4n) is 2.60. The minimum atomic E-state index is -0.666. The zero-order valence-corrected chi connectivity index (χ0v) is 14.0. The van der Waals surface area contributed by atoms with Gasteiger partial charge in [0.1, 0.15) is 12.7 Å². The van der Waals surface area contributed by atoms with Gasteiger partial charge in [-0.25, -0.2) is 9.78 Å². The summed E-state index contributed by atoms with van der Waals surface area (Å²) in [5.41, 5.74) is 0.972. The minimum Gasteiger partial charge on any atom is -0.461 e. The zero-order chi connectivity index (χ0) is 16.5. The smallest absolute Gasteiger partial charge is 0.308 e. The molecule has 0 radical (unpaired) electrons. The summed E-state index contributed by atoms with van der Waals surface area (Å²) in [6, 6.07) is 9.62. The van der Waals surface area contributed by atoms with Crippen molar-refractivity contribution in [3.05, 3.63) is 35.9 Å². The Morgan fingerprint density at radius 3 is 2.74 bits per heavy atom. The maximum absolute atomic E-state index is 11.9. The van der Waals surface area contributed by atoms with Crippen LogP contribution in [0.1, 0.15) is 51.0 Å². The molecule has 23 heavy (non-hydrogen) atoms. The Kier molecular flexibility index (Phi) is 7.02. The van der Waals surface area contributed by atoms with Gasteiger partial charge >= 0.3 is 5.97 Å². The highest BCUT2D eigenvalue weighted by Crippen LogP contribution is 2.33. The van der Waals surface area contributed by atoms with E-state index in [0.29, 0.717) is 0 Å². The summed E-state index contributed by atoms with van der Waals surface area (Å²) in [7, 11) is 1.63. The van der Waals surface area contributed by atoms with Gasteiger partial charge in [0.15, 0.2) is 0 Å². The third kappa shape index (κ3) is 5.61. The molecule has 0 aliphatic carbocycles. The summed E-state index contributed by atoms with van der Waals surface area (Å²) in [6.07, 6.45) is 4.25. The SMILES string of the molecule is CCCCC1(OC)CCC(CC(=O)OCc2ccccc2)OO1. The monoisotopic (exact) mass is 322 g/mol. The number of rotatable bonds is 8. The van der Waals surface area contributed by atoms with Crippen molar-refractivity contribution >= 4 is 5.97 Å². The molecule has 2 rings (SSSR count). The number of hydrogen-bond donors (Lipinski definition) is 0. The van der Waals surface area contributed by atoms with Gasteiger partial charge < -0.3 is 9.47 Å². The van der Waals surface area contributed by atoms with Gasteiger partial charge in [-0.2, -0.15) is 0 Å². The molecule has 1 heterocycles. The zero-order valence-electron chi connectivity index (χ0n) is 14.0. The van der Waals surface area contributed by atoms with Gasteiger partial charge in [-0.15, -0.1) is 0 Å². The average Bonchev–Trinajstić information content (AvgIpc) is 2.60. The van der Waals surface area contributed by atoms with Crippen molar-refractivity contribution in [2.24, 2.45) is 0 Å². The van der Waals surface area contributed by atoms with E-state index in [1.54, 1.807) is 7.11 Å². The molecule has 2 unspecified atom stereocenters. The maximum atomic E-state index is 11.9. The van der Waals surface area contributed by atoms with Crippen molar-refractivity contribution < 1.29 is 24.0 Å². The average molecular weight is 322 g/mol. The molecule has 1 aromatic carbocycles. The Balaban J connectivity index is 1.72. The molecule has 0 saturated carbocycles. The second kappa shape index (κ2) is 9.01. The highest BCUT2D eigenvalue weighted by molar-refractivity contribution is 5.70. The summed E-state index contributed by atoms with van der Waals surface area (Å²) in [5.74, 6) is -0.943. The van der Waals surface area contributed by atoms with E-state index in [9.17, 15) is 4.79 Å². The fraction of sp³-hybridized carbons (Fsp3) is 0.611. The van der Waals surface area contributed by atoms with Crippen LogP contribution < -0.4 is 0 Å². The first-order valence-electron chi connectivity index (χ1n) is 8.26. The summed E-state index contributed by atoms with van der Waals surface area (Å²) in [6.45, 7) is 2.41. The molecular formula is C18H26O5. The number of ether oxygens (including phenoxy) is 2. The summed E-state index contributed by atoms with van der Waals surface area (Å²) in [5, 5.41) is 0. The Morgan fingerprint density at radius 1 is 1.35 bits per heavy atom. The number of hydrogen-bond acceptors (Lipinski definition) is 5. The van der Waals surface area contributed by atoms with E-state index in [1.807, 2.05) is 30.3 Å². The lowest BCUT2D eigenvalue weighted by atomic mass is 9.99. The predicted octanol–water partition coefficient (Wildman–Crippen LogP) is 3.76. The normalized spacial score (nSPS) is 24.3. The standard InChI is InChI=1S/C18H26O5/c1-3-4-11-18(20-2)12-10-16(22-23-18)13-17(19)21-14-15-8-6-5-7-9-15/h5-9,16H,3-4,10-14H2,1-2H3. The molecule has 0 bridgehead atoms. The van der Waals surface area contributed by atoms with Crippen molar-refractivity contribution in [1.82, 2.24) is 0 Å². The van der Waals surface area contributed by atoms with E-state index >= 15 is 0 Å². The van der Waals surface area contributed by atoms with Gasteiger partial charge in [0.25, 0.3) is 0 Å². The Labute approximate surface area is 137 Å². The Morgan fingerprint density at radius 2 is 2.13 bits per heavy atom. The number of methoxy groups -OCH3 is 1. The van der Waals surface area contributed by atoms with E-state index in [-0.39, 0.29) is 25.1 Å². The lowest BCUT2D eigenvalue weighted by molar-refractivity contribution is -0.466. The molecule has 2 atom stereocenters. The first kappa shape index (κ1) is 17.9. The summed E-state index contributed by atoms with van der Waals surface area (Å²) >= 11 is 0. The van der Waals surface area contributed by atoms with Crippen LogP contribution in [-0.2, 0) is 30.7 Å². The highest BCUT2D eigenvalue weighted by Gasteiger charge is 2.38. The van der Waals surface area contributed by atoms with E-state index < -0.39 is 5.79 Å². The van der Waals surface area contributed by atoms with Crippen LogP contribution >= 0.6 is 0 Å². The van der Waals surface area contributed by atoms with Gasteiger partial charge in [-0.3, -0.25) is 4.79 Å². The molecule has 1 aromatic rings. The molecular weight excluding hydrogens is 296 g/mol. The topological polar surface area (TPSA) is 54.0 Å². The van der Waals surface area contributed by atoms with Crippen molar-refractivity contribution in [3.63, 3.8) is 0 Å². The van der Waals surface area contributed by atoms with Crippen molar-refractivity contribution in [2.75, 3.05) is 7.11 Å². The first-order chi connectivity index (χ1) is 11.2. The quantitative estimate of drug-likeness (QED) is 0.539. The molecule has 0 amide bonds.